The molecule has 10 heteroatoms. The second-order valence-corrected chi connectivity index (χ2v) is 7.90. The summed E-state index contributed by atoms with van der Waals surface area (Å²) in [6.07, 6.45) is 5.85. The van der Waals surface area contributed by atoms with Crippen molar-refractivity contribution in [1.82, 2.24) is 24.8 Å². The van der Waals surface area contributed by atoms with E-state index in [0.717, 1.165) is 24.2 Å². The van der Waals surface area contributed by atoms with Crippen molar-refractivity contribution < 1.29 is 9.53 Å². The molecule has 2 aromatic heterocycles. The Morgan fingerprint density at radius 3 is 2.80 bits per heavy atom. The van der Waals surface area contributed by atoms with Crippen molar-refractivity contribution in [3.63, 3.8) is 0 Å². The van der Waals surface area contributed by atoms with Crippen molar-refractivity contribution in [1.29, 1.82) is 0 Å². The van der Waals surface area contributed by atoms with Crippen LogP contribution < -0.4 is 10.6 Å². The Bertz CT molecular complexity index is 1040. The molecule has 30 heavy (non-hydrogen) atoms. The molecule has 0 spiro atoms. The van der Waals surface area contributed by atoms with Gasteiger partial charge in [-0.25, -0.2) is 9.97 Å². The zero-order chi connectivity index (χ0) is 21.1. The Balaban J connectivity index is 1.45. The van der Waals surface area contributed by atoms with E-state index >= 15 is 0 Å². The molecule has 4 rings (SSSR count). The molecule has 1 aliphatic heterocycles. The van der Waals surface area contributed by atoms with Gasteiger partial charge in [0.1, 0.15) is 17.8 Å². The van der Waals surface area contributed by atoms with Crippen LogP contribution in [0.5, 0.6) is 0 Å². The number of hydrogen-bond acceptors (Lipinski definition) is 6. The lowest BCUT2D eigenvalue weighted by Gasteiger charge is -2.12. The van der Waals surface area contributed by atoms with Crippen molar-refractivity contribution in [3.05, 3.63) is 63.8 Å². The number of amides is 1. The fourth-order valence-corrected chi connectivity index (χ4v) is 3.71. The van der Waals surface area contributed by atoms with Gasteiger partial charge in [-0.2, -0.15) is 4.98 Å². The molecule has 1 amide bonds. The molecule has 0 unspecified atom stereocenters. The maximum atomic E-state index is 12.5. The lowest BCUT2D eigenvalue weighted by atomic mass is 10.2. The van der Waals surface area contributed by atoms with E-state index < -0.39 is 0 Å². The minimum atomic E-state index is -0.307. The predicted octanol–water partition coefficient (Wildman–Crippen LogP) is 3.41. The van der Waals surface area contributed by atoms with E-state index in [1.807, 2.05) is 6.92 Å². The number of carbonyl (C=O) groups excluding carboxylic acids is 1. The minimum Gasteiger partial charge on any atom is -0.379 e. The maximum absolute atomic E-state index is 12.5. The molecule has 2 N–H and O–H groups in total. The second-order valence-electron chi connectivity index (χ2n) is 7.03. The Morgan fingerprint density at radius 2 is 2.07 bits per heavy atom. The molecule has 0 saturated carbocycles. The highest BCUT2D eigenvalue weighted by molar-refractivity contribution is 6.34. The van der Waals surface area contributed by atoms with Crippen LogP contribution in [-0.2, 0) is 11.3 Å². The summed E-state index contributed by atoms with van der Waals surface area (Å²) in [6, 6.07) is 5.34. The zero-order valence-electron chi connectivity index (χ0n) is 16.2. The van der Waals surface area contributed by atoms with Crippen LogP contribution in [0, 0.1) is 6.92 Å². The van der Waals surface area contributed by atoms with Gasteiger partial charge in [0, 0.05) is 41.2 Å². The molecule has 3 aromatic rings. The van der Waals surface area contributed by atoms with E-state index in [9.17, 15) is 4.79 Å². The Kier molecular flexibility index (Phi) is 6.17. The van der Waals surface area contributed by atoms with E-state index in [-0.39, 0.29) is 24.2 Å². The number of aryl methyl sites for hydroxylation is 1. The summed E-state index contributed by atoms with van der Waals surface area (Å²) in [5, 5.41) is 7.13. The van der Waals surface area contributed by atoms with Gasteiger partial charge in [0.05, 0.1) is 12.6 Å². The first-order chi connectivity index (χ1) is 14.5. The summed E-state index contributed by atoms with van der Waals surface area (Å²) < 4.78 is 7.08. The van der Waals surface area contributed by atoms with Crippen LogP contribution in [0.2, 0.25) is 10.0 Å². The SMILES string of the molecule is Cc1cnc(N[C@H]2CCOC2)nc1-n1cnc(C(=O)NCc2cc(Cl)cc(Cl)c2)c1. The number of nitrogens with zero attached hydrogens (tertiary/aromatic N) is 4. The first-order valence-corrected chi connectivity index (χ1v) is 10.2. The van der Waals surface area contributed by atoms with Crippen LogP contribution in [0.15, 0.2) is 36.9 Å². The topological polar surface area (TPSA) is 94.0 Å². The number of hydrogen-bond donors (Lipinski definition) is 2. The molecule has 3 heterocycles. The minimum absolute atomic E-state index is 0.199. The van der Waals surface area contributed by atoms with E-state index in [1.165, 1.54) is 0 Å². The number of rotatable bonds is 6. The molecular weight excluding hydrogens is 427 g/mol. The third-order valence-corrected chi connectivity index (χ3v) is 5.08. The van der Waals surface area contributed by atoms with E-state index in [1.54, 1.807) is 41.5 Å². The van der Waals surface area contributed by atoms with Crippen molar-refractivity contribution in [2.75, 3.05) is 18.5 Å². The van der Waals surface area contributed by atoms with Crippen LogP contribution in [0.25, 0.3) is 5.82 Å². The summed E-state index contributed by atoms with van der Waals surface area (Å²) in [4.78, 5) is 25.6. The van der Waals surface area contributed by atoms with Gasteiger partial charge in [-0.15, -0.1) is 0 Å². The number of imidazole rings is 1. The van der Waals surface area contributed by atoms with Crippen LogP contribution in [0.3, 0.4) is 0 Å². The highest BCUT2D eigenvalue weighted by Gasteiger charge is 2.17. The summed E-state index contributed by atoms with van der Waals surface area (Å²) >= 11 is 12.0. The number of benzene rings is 1. The number of aromatic nitrogens is 4. The molecule has 0 radical (unpaired) electrons. The van der Waals surface area contributed by atoms with Crippen LogP contribution in [0.1, 0.15) is 28.0 Å². The molecular formula is C20H20Cl2N6O2. The van der Waals surface area contributed by atoms with Gasteiger partial charge in [-0.05, 0) is 37.1 Å². The largest absolute Gasteiger partial charge is 0.379 e. The number of anilines is 1. The van der Waals surface area contributed by atoms with Gasteiger partial charge < -0.3 is 15.4 Å². The average Bonchev–Trinajstić information content (AvgIpc) is 3.39. The number of ether oxygens (including phenoxy) is 1. The van der Waals surface area contributed by atoms with Crippen molar-refractivity contribution in [2.45, 2.75) is 25.9 Å². The average molecular weight is 447 g/mol. The molecule has 0 aliphatic carbocycles. The van der Waals surface area contributed by atoms with E-state index in [2.05, 4.69) is 25.6 Å². The van der Waals surface area contributed by atoms with E-state index in [0.29, 0.717) is 28.4 Å². The predicted molar refractivity (Wildman–Crippen MR) is 114 cm³/mol. The Morgan fingerprint density at radius 1 is 1.27 bits per heavy atom. The Labute approximate surface area is 183 Å². The quantitative estimate of drug-likeness (QED) is 0.602. The Hall–Kier alpha value is -2.68. The molecule has 0 bridgehead atoms. The van der Waals surface area contributed by atoms with Crippen LogP contribution in [0.4, 0.5) is 5.95 Å². The lowest BCUT2D eigenvalue weighted by molar-refractivity contribution is 0.0946. The standard InChI is InChI=1S/C20H20Cl2N6O2/c1-12-7-24-20(26-16-2-3-30-10-16)27-18(12)28-9-17(25-11-28)19(29)23-8-13-4-14(21)6-15(22)5-13/h4-7,9,11,16H,2-3,8,10H2,1H3,(H,23,29)(H,24,26,27)/t16-/m0/s1. The highest BCUT2D eigenvalue weighted by Crippen LogP contribution is 2.19. The summed E-state index contributed by atoms with van der Waals surface area (Å²) in [7, 11) is 0. The molecule has 1 aliphatic rings. The van der Waals surface area contributed by atoms with Crippen molar-refractivity contribution in [2.24, 2.45) is 0 Å². The normalized spacial score (nSPS) is 15.9. The van der Waals surface area contributed by atoms with Gasteiger partial charge in [0.15, 0.2) is 0 Å². The molecule has 8 nitrogen and oxygen atoms in total. The van der Waals surface area contributed by atoms with Crippen LogP contribution in [-0.4, -0.2) is 44.7 Å². The zero-order valence-corrected chi connectivity index (χ0v) is 17.7. The molecule has 1 atom stereocenters. The number of nitrogens with one attached hydrogen (secondary N) is 2. The molecule has 1 aromatic carbocycles. The molecule has 1 fully saturated rings. The summed E-state index contributed by atoms with van der Waals surface area (Å²) in [5.41, 5.74) is 1.94. The fraction of sp³-hybridized carbons (Fsp3) is 0.300. The van der Waals surface area contributed by atoms with Crippen molar-refractivity contribution >= 4 is 35.1 Å². The van der Waals surface area contributed by atoms with Crippen LogP contribution >= 0.6 is 23.2 Å². The third-order valence-electron chi connectivity index (χ3n) is 4.64. The maximum Gasteiger partial charge on any atom is 0.271 e. The first-order valence-electron chi connectivity index (χ1n) is 9.43. The van der Waals surface area contributed by atoms with Gasteiger partial charge >= 0.3 is 0 Å². The summed E-state index contributed by atoms with van der Waals surface area (Å²) in [5.74, 6) is 0.862. The fourth-order valence-electron chi connectivity index (χ4n) is 3.14. The first kappa shape index (κ1) is 20.6. The van der Waals surface area contributed by atoms with Gasteiger partial charge in [0.25, 0.3) is 5.91 Å². The summed E-state index contributed by atoms with van der Waals surface area (Å²) in [6.45, 7) is 3.56. The number of halogens is 2. The van der Waals surface area contributed by atoms with Gasteiger partial charge in [0.2, 0.25) is 5.95 Å². The third kappa shape index (κ3) is 4.89. The monoisotopic (exact) mass is 446 g/mol. The van der Waals surface area contributed by atoms with Crippen molar-refractivity contribution in [3.8, 4) is 5.82 Å². The molecule has 1 saturated heterocycles. The van der Waals surface area contributed by atoms with E-state index in [4.69, 9.17) is 27.9 Å². The molecule has 156 valence electrons. The number of carbonyl (C=O) groups is 1. The smallest absolute Gasteiger partial charge is 0.271 e. The lowest BCUT2D eigenvalue weighted by Crippen LogP contribution is -2.23. The van der Waals surface area contributed by atoms with Gasteiger partial charge in [-0.3, -0.25) is 9.36 Å². The second kappa shape index (κ2) is 8.99. The highest BCUT2D eigenvalue weighted by atomic mass is 35.5. The van der Waals surface area contributed by atoms with Gasteiger partial charge in [-0.1, -0.05) is 23.2 Å².